The molecule has 0 bridgehead atoms. The SMILES string of the molecule is CCc1cccc(CNC(=O)c2ccc3ncccc3n2)c1. The maximum atomic E-state index is 12.2. The van der Waals surface area contributed by atoms with Crippen LogP contribution in [0.25, 0.3) is 11.0 Å². The molecule has 3 rings (SSSR count). The lowest BCUT2D eigenvalue weighted by atomic mass is 10.1. The van der Waals surface area contributed by atoms with Gasteiger partial charge in [0.1, 0.15) is 5.69 Å². The maximum Gasteiger partial charge on any atom is 0.270 e. The molecule has 0 radical (unpaired) electrons. The number of hydrogen-bond acceptors (Lipinski definition) is 3. The summed E-state index contributed by atoms with van der Waals surface area (Å²) in [6.07, 6.45) is 2.70. The minimum atomic E-state index is -0.173. The molecule has 0 aliphatic rings. The van der Waals surface area contributed by atoms with E-state index in [1.165, 1.54) is 5.56 Å². The summed E-state index contributed by atoms with van der Waals surface area (Å²) in [6.45, 7) is 2.62. The van der Waals surface area contributed by atoms with Crippen LogP contribution in [0.3, 0.4) is 0 Å². The van der Waals surface area contributed by atoms with Gasteiger partial charge >= 0.3 is 0 Å². The molecule has 4 heteroatoms. The molecule has 0 spiro atoms. The molecule has 1 aromatic carbocycles. The molecule has 1 N–H and O–H groups in total. The van der Waals surface area contributed by atoms with Crippen molar-refractivity contribution in [1.29, 1.82) is 0 Å². The highest BCUT2D eigenvalue weighted by atomic mass is 16.1. The van der Waals surface area contributed by atoms with Crippen LogP contribution in [0.5, 0.6) is 0 Å². The number of rotatable bonds is 4. The lowest BCUT2D eigenvalue weighted by Crippen LogP contribution is -2.23. The van der Waals surface area contributed by atoms with Crippen molar-refractivity contribution in [3.63, 3.8) is 0 Å². The predicted molar refractivity (Wildman–Crippen MR) is 86.5 cm³/mol. The van der Waals surface area contributed by atoms with Crippen LogP contribution in [0.1, 0.15) is 28.5 Å². The van der Waals surface area contributed by atoms with Gasteiger partial charge in [-0.15, -0.1) is 0 Å². The zero-order chi connectivity index (χ0) is 15.4. The molecule has 0 saturated heterocycles. The fraction of sp³-hybridized carbons (Fsp3) is 0.167. The first kappa shape index (κ1) is 14.2. The lowest BCUT2D eigenvalue weighted by Gasteiger charge is -2.07. The number of hydrogen-bond donors (Lipinski definition) is 1. The smallest absolute Gasteiger partial charge is 0.270 e. The van der Waals surface area contributed by atoms with Gasteiger partial charge in [-0.05, 0) is 41.8 Å². The van der Waals surface area contributed by atoms with E-state index in [1.807, 2.05) is 30.3 Å². The minimum Gasteiger partial charge on any atom is -0.347 e. The molecule has 0 atom stereocenters. The van der Waals surface area contributed by atoms with E-state index >= 15 is 0 Å². The third-order valence-electron chi connectivity index (χ3n) is 3.54. The monoisotopic (exact) mass is 291 g/mol. The Balaban J connectivity index is 1.72. The number of benzene rings is 1. The normalized spacial score (nSPS) is 10.6. The van der Waals surface area contributed by atoms with E-state index in [0.29, 0.717) is 12.2 Å². The third-order valence-corrected chi connectivity index (χ3v) is 3.54. The predicted octanol–water partition coefficient (Wildman–Crippen LogP) is 3.12. The van der Waals surface area contributed by atoms with Gasteiger partial charge in [0.2, 0.25) is 0 Å². The molecule has 0 unspecified atom stereocenters. The number of aryl methyl sites for hydroxylation is 1. The fourth-order valence-electron chi connectivity index (χ4n) is 2.32. The molecule has 1 amide bonds. The van der Waals surface area contributed by atoms with Crippen molar-refractivity contribution in [2.24, 2.45) is 0 Å². The number of pyridine rings is 2. The highest BCUT2D eigenvalue weighted by molar-refractivity contribution is 5.94. The molecule has 110 valence electrons. The second-order valence-electron chi connectivity index (χ2n) is 5.09. The van der Waals surface area contributed by atoms with Crippen LogP contribution in [0.2, 0.25) is 0 Å². The summed E-state index contributed by atoms with van der Waals surface area (Å²) < 4.78 is 0. The van der Waals surface area contributed by atoms with Gasteiger partial charge in [-0.1, -0.05) is 31.2 Å². The maximum absolute atomic E-state index is 12.2. The number of nitrogens with zero attached hydrogens (tertiary/aromatic N) is 2. The van der Waals surface area contributed by atoms with Crippen molar-refractivity contribution in [2.75, 3.05) is 0 Å². The van der Waals surface area contributed by atoms with Gasteiger partial charge in [0, 0.05) is 12.7 Å². The Morgan fingerprint density at radius 1 is 1.05 bits per heavy atom. The average molecular weight is 291 g/mol. The molecule has 3 aromatic rings. The van der Waals surface area contributed by atoms with E-state index in [-0.39, 0.29) is 5.91 Å². The summed E-state index contributed by atoms with van der Waals surface area (Å²) in [5.74, 6) is -0.173. The summed E-state index contributed by atoms with van der Waals surface area (Å²) in [7, 11) is 0. The van der Waals surface area contributed by atoms with Crippen molar-refractivity contribution in [3.8, 4) is 0 Å². The molecule has 2 heterocycles. The van der Waals surface area contributed by atoms with Crippen LogP contribution < -0.4 is 5.32 Å². The van der Waals surface area contributed by atoms with E-state index < -0.39 is 0 Å². The van der Waals surface area contributed by atoms with Crippen LogP contribution >= 0.6 is 0 Å². The second kappa shape index (κ2) is 6.35. The molecule has 22 heavy (non-hydrogen) atoms. The Morgan fingerprint density at radius 3 is 2.77 bits per heavy atom. The molecule has 0 aliphatic heterocycles. The number of fused-ring (bicyclic) bond motifs is 1. The number of carbonyl (C=O) groups is 1. The zero-order valence-corrected chi connectivity index (χ0v) is 12.4. The first-order chi connectivity index (χ1) is 10.8. The van der Waals surface area contributed by atoms with Crippen molar-refractivity contribution < 1.29 is 4.79 Å². The van der Waals surface area contributed by atoms with Gasteiger partial charge in [-0.25, -0.2) is 4.98 Å². The molecular formula is C18H17N3O. The van der Waals surface area contributed by atoms with Crippen molar-refractivity contribution in [1.82, 2.24) is 15.3 Å². The van der Waals surface area contributed by atoms with E-state index in [4.69, 9.17) is 0 Å². The Hall–Kier alpha value is -2.75. The van der Waals surface area contributed by atoms with Gasteiger partial charge < -0.3 is 5.32 Å². The van der Waals surface area contributed by atoms with Crippen LogP contribution in [-0.4, -0.2) is 15.9 Å². The van der Waals surface area contributed by atoms with Crippen molar-refractivity contribution in [3.05, 3.63) is 71.5 Å². The average Bonchev–Trinajstić information content (AvgIpc) is 2.59. The standard InChI is InChI=1S/C18H17N3O/c1-2-13-5-3-6-14(11-13)12-20-18(22)17-9-8-15-16(21-17)7-4-10-19-15/h3-11H,2,12H2,1H3,(H,20,22). The molecule has 0 fully saturated rings. The van der Waals surface area contributed by atoms with Gasteiger partial charge in [-0.3, -0.25) is 9.78 Å². The van der Waals surface area contributed by atoms with Crippen LogP contribution in [0.15, 0.2) is 54.7 Å². The van der Waals surface area contributed by atoms with E-state index in [0.717, 1.165) is 23.0 Å². The molecule has 0 saturated carbocycles. The first-order valence-electron chi connectivity index (χ1n) is 7.34. The Labute approximate surface area is 129 Å². The van der Waals surface area contributed by atoms with E-state index in [1.54, 1.807) is 12.3 Å². The number of carbonyl (C=O) groups excluding carboxylic acids is 1. The number of nitrogens with one attached hydrogen (secondary N) is 1. The van der Waals surface area contributed by atoms with Crippen LogP contribution in [-0.2, 0) is 13.0 Å². The number of aromatic nitrogens is 2. The topological polar surface area (TPSA) is 54.9 Å². The molecule has 0 aliphatic carbocycles. The Bertz CT molecular complexity index is 814. The highest BCUT2D eigenvalue weighted by Crippen LogP contribution is 2.10. The van der Waals surface area contributed by atoms with Crippen molar-refractivity contribution >= 4 is 16.9 Å². The quantitative estimate of drug-likeness (QED) is 0.803. The largest absolute Gasteiger partial charge is 0.347 e. The Morgan fingerprint density at radius 2 is 1.91 bits per heavy atom. The fourth-order valence-corrected chi connectivity index (χ4v) is 2.32. The third kappa shape index (κ3) is 3.11. The van der Waals surface area contributed by atoms with Gasteiger partial charge in [0.25, 0.3) is 5.91 Å². The molecule has 2 aromatic heterocycles. The minimum absolute atomic E-state index is 0.173. The summed E-state index contributed by atoms with van der Waals surface area (Å²) in [6, 6.07) is 15.4. The van der Waals surface area contributed by atoms with Crippen LogP contribution in [0.4, 0.5) is 0 Å². The highest BCUT2D eigenvalue weighted by Gasteiger charge is 2.08. The van der Waals surface area contributed by atoms with Gasteiger partial charge in [-0.2, -0.15) is 0 Å². The molecular weight excluding hydrogens is 274 g/mol. The van der Waals surface area contributed by atoms with Crippen LogP contribution in [0, 0.1) is 0 Å². The summed E-state index contributed by atoms with van der Waals surface area (Å²) >= 11 is 0. The summed E-state index contributed by atoms with van der Waals surface area (Å²) in [5, 5.41) is 2.91. The van der Waals surface area contributed by atoms with Crippen molar-refractivity contribution in [2.45, 2.75) is 19.9 Å². The number of amides is 1. The van der Waals surface area contributed by atoms with Gasteiger partial charge in [0.05, 0.1) is 11.0 Å². The zero-order valence-electron chi connectivity index (χ0n) is 12.4. The lowest BCUT2D eigenvalue weighted by molar-refractivity contribution is 0.0946. The van der Waals surface area contributed by atoms with Gasteiger partial charge in [0.15, 0.2) is 0 Å². The van der Waals surface area contributed by atoms with E-state index in [2.05, 4.69) is 34.3 Å². The van der Waals surface area contributed by atoms with E-state index in [9.17, 15) is 4.79 Å². The Kier molecular flexibility index (Phi) is 4.10. The second-order valence-corrected chi connectivity index (χ2v) is 5.09. The summed E-state index contributed by atoms with van der Waals surface area (Å²) in [4.78, 5) is 20.8. The summed E-state index contributed by atoms with van der Waals surface area (Å²) in [5.41, 5.74) is 4.28. The first-order valence-corrected chi connectivity index (χ1v) is 7.34. The molecule has 4 nitrogen and oxygen atoms in total.